The minimum atomic E-state index is -0.182. The summed E-state index contributed by atoms with van der Waals surface area (Å²) in [6, 6.07) is 7.40. The lowest BCUT2D eigenvalue weighted by atomic mass is 10.1. The predicted molar refractivity (Wildman–Crippen MR) is 67.7 cm³/mol. The fourth-order valence-electron chi connectivity index (χ4n) is 1.70. The van der Waals surface area contributed by atoms with Crippen LogP contribution in [-0.2, 0) is 0 Å². The molecule has 0 aliphatic carbocycles. The van der Waals surface area contributed by atoms with Gasteiger partial charge in [0.2, 0.25) is 0 Å². The van der Waals surface area contributed by atoms with E-state index in [0.29, 0.717) is 11.4 Å². The van der Waals surface area contributed by atoms with Crippen molar-refractivity contribution in [3.8, 4) is 0 Å². The standard InChI is InChI=1S/C12H15N5O/c1-8(9-4-3-5-10(13)6-9)17(2)12(18)11-7-14-16-15-11/h3-8H,13H2,1-2H3,(H,14,15,16). The number of nitrogens with zero attached hydrogens (tertiary/aromatic N) is 3. The number of rotatable bonds is 3. The Morgan fingerprint density at radius 3 is 2.89 bits per heavy atom. The van der Waals surface area contributed by atoms with Gasteiger partial charge in [0.25, 0.3) is 5.91 Å². The SMILES string of the molecule is CC(c1cccc(N)c1)N(C)C(=O)c1cn[nH]n1. The molecule has 1 heterocycles. The highest BCUT2D eigenvalue weighted by atomic mass is 16.2. The molecule has 1 aromatic heterocycles. The Kier molecular flexibility index (Phi) is 3.27. The van der Waals surface area contributed by atoms with Gasteiger partial charge in [0.1, 0.15) is 0 Å². The van der Waals surface area contributed by atoms with Crippen LogP contribution in [-0.4, -0.2) is 33.3 Å². The number of carbonyl (C=O) groups is 1. The zero-order chi connectivity index (χ0) is 13.1. The molecule has 2 rings (SSSR count). The highest BCUT2D eigenvalue weighted by molar-refractivity contribution is 5.91. The summed E-state index contributed by atoms with van der Waals surface area (Å²) in [4.78, 5) is 13.7. The number of nitrogens with two attached hydrogens (primary N) is 1. The first-order chi connectivity index (χ1) is 8.59. The fourth-order valence-corrected chi connectivity index (χ4v) is 1.70. The maximum atomic E-state index is 12.1. The normalized spacial score (nSPS) is 12.1. The number of benzene rings is 1. The van der Waals surface area contributed by atoms with E-state index in [1.165, 1.54) is 6.20 Å². The number of hydrogen-bond donors (Lipinski definition) is 2. The predicted octanol–water partition coefficient (Wildman–Crippen LogP) is 1.22. The number of aromatic nitrogens is 3. The van der Waals surface area contributed by atoms with E-state index in [1.807, 2.05) is 31.2 Å². The fraction of sp³-hybridized carbons (Fsp3) is 0.250. The molecule has 1 atom stereocenters. The molecular formula is C12H15N5O. The van der Waals surface area contributed by atoms with Crippen LogP contribution in [0.5, 0.6) is 0 Å². The van der Waals surface area contributed by atoms with E-state index in [0.717, 1.165) is 5.56 Å². The Bertz CT molecular complexity index is 537. The smallest absolute Gasteiger partial charge is 0.276 e. The zero-order valence-corrected chi connectivity index (χ0v) is 10.3. The second-order valence-electron chi connectivity index (χ2n) is 4.12. The third-order valence-corrected chi connectivity index (χ3v) is 2.93. The van der Waals surface area contributed by atoms with Gasteiger partial charge in [-0.25, -0.2) is 0 Å². The number of amides is 1. The van der Waals surface area contributed by atoms with E-state index in [2.05, 4.69) is 15.4 Å². The monoisotopic (exact) mass is 245 g/mol. The van der Waals surface area contributed by atoms with E-state index < -0.39 is 0 Å². The summed E-state index contributed by atoms with van der Waals surface area (Å²) >= 11 is 0. The van der Waals surface area contributed by atoms with Crippen LogP contribution in [0.3, 0.4) is 0 Å². The Hall–Kier alpha value is -2.37. The second-order valence-corrected chi connectivity index (χ2v) is 4.12. The maximum Gasteiger partial charge on any atom is 0.276 e. The third-order valence-electron chi connectivity index (χ3n) is 2.93. The van der Waals surface area contributed by atoms with Crippen LogP contribution in [0.25, 0.3) is 0 Å². The summed E-state index contributed by atoms with van der Waals surface area (Å²) in [6.45, 7) is 1.94. The molecule has 0 bridgehead atoms. The highest BCUT2D eigenvalue weighted by Crippen LogP contribution is 2.21. The maximum absolute atomic E-state index is 12.1. The Morgan fingerprint density at radius 2 is 2.28 bits per heavy atom. The molecule has 0 aliphatic heterocycles. The van der Waals surface area contributed by atoms with Crippen molar-refractivity contribution in [2.45, 2.75) is 13.0 Å². The Labute approximate surface area is 105 Å². The third kappa shape index (κ3) is 2.32. The van der Waals surface area contributed by atoms with Gasteiger partial charge in [-0.3, -0.25) is 4.79 Å². The van der Waals surface area contributed by atoms with Crippen LogP contribution < -0.4 is 5.73 Å². The summed E-state index contributed by atoms with van der Waals surface area (Å²) < 4.78 is 0. The molecule has 1 unspecified atom stereocenters. The summed E-state index contributed by atoms with van der Waals surface area (Å²) in [5.41, 5.74) is 7.70. The van der Waals surface area contributed by atoms with E-state index in [9.17, 15) is 4.79 Å². The summed E-state index contributed by atoms with van der Waals surface area (Å²) in [5, 5.41) is 9.83. The number of carbonyl (C=O) groups excluding carboxylic acids is 1. The van der Waals surface area contributed by atoms with E-state index in [-0.39, 0.29) is 11.9 Å². The van der Waals surface area contributed by atoms with Gasteiger partial charge >= 0.3 is 0 Å². The van der Waals surface area contributed by atoms with Crippen molar-refractivity contribution < 1.29 is 4.79 Å². The van der Waals surface area contributed by atoms with Crippen LogP contribution in [0.2, 0.25) is 0 Å². The molecule has 0 fully saturated rings. The number of nitrogens with one attached hydrogen (secondary N) is 1. The van der Waals surface area contributed by atoms with Gasteiger partial charge in [-0.2, -0.15) is 15.4 Å². The van der Waals surface area contributed by atoms with Gasteiger partial charge in [-0.15, -0.1) is 0 Å². The minimum absolute atomic E-state index is 0.0855. The first-order valence-corrected chi connectivity index (χ1v) is 5.58. The van der Waals surface area contributed by atoms with E-state index in [4.69, 9.17) is 5.73 Å². The van der Waals surface area contributed by atoms with Crippen LogP contribution in [0.15, 0.2) is 30.5 Å². The van der Waals surface area contributed by atoms with Crippen LogP contribution in [0.4, 0.5) is 5.69 Å². The van der Waals surface area contributed by atoms with Crippen molar-refractivity contribution in [2.75, 3.05) is 12.8 Å². The molecule has 94 valence electrons. The van der Waals surface area contributed by atoms with Crippen molar-refractivity contribution in [3.63, 3.8) is 0 Å². The first kappa shape index (κ1) is 12.1. The van der Waals surface area contributed by atoms with Gasteiger partial charge in [0.15, 0.2) is 5.69 Å². The minimum Gasteiger partial charge on any atom is -0.399 e. The molecule has 18 heavy (non-hydrogen) atoms. The van der Waals surface area contributed by atoms with Gasteiger partial charge in [-0.1, -0.05) is 12.1 Å². The van der Waals surface area contributed by atoms with Gasteiger partial charge in [0.05, 0.1) is 12.2 Å². The molecule has 6 nitrogen and oxygen atoms in total. The van der Waals surface area contributed by atoms with Crippen LogP contribution in [0, 0.1) is 0 Å². The number of H-pyrrole nitrogens is 1. The number of hydrogen-bond acceptors (Lipinski definition) is 4. The molecule has 3 N–H and O–H groups in total. The summed E-state index contributed by atoms with van der Waals surface area (Å²) in [7, 11) is 1.73. The Balaban J connectivity index is 2.18. The average molecular weight is 245 g/mol. The van der Waals surface area contributed by atoms with Gasteiger partial charge < -0.3 is 10.6 Å². The molecule has 0 radical (unpaired) electrons. The number of nitrogen functional groups attached to an aromatic ring is 1. The number of aromatic amines is 1. The lowest BCUT2D eigenvalue weighted by Gasteiger charge is -2.24. The molecular weight excluding hydrogens is 230 g/mol. The quantitative estimate of drug-likeness (QED) is 0.796. The molecule has 0 saturated heterocycles. The summed E-state index contributed by atoms with van der Waals surface area (Å²) in [5.74, 6) is -0.182. The lowest BCUT2D eigenvalue weighted by molar-refractivity contribution is 0.0736. The molecule has 0 saturated carbocycles. The van der Waals surface area contributed by atoms with Crippen LogP contribution >= 0.6 is 0 Å². The van der Waals surface area contributed by atoms with Crippen molar-refractivity contribution in [1.29, 1.82) is 0 Å². The molecule has 0 spiro atoms. The zero-order valence-electron chi connectivity index (χ0n) is 10.3. The summed E-state index contributed by atoms with van der Waals surface area (Å²) in [6.07, 6.45) is 1.41. The van der Waals surface area contributed by atoms with E-state index >= 15 is 0 Å². The van der Waals surface area contributed by atoms with Crippen molar-refractivity contribution in [2.24, 2.45) is 0 Å². The number of anilines is 1. The van der Waals surface area contributed by atoms with Gasteiger partial charge in [0, 0.05) is 12.7 Å². The largest absolute Gasteiger partial charge is 0.399 e. The Morgan fingerprint density at radius 1 is 1.50 bits per heavy atom. The van der Waals surface area contributed by atoms with Crippen molar-refractivity contribution in [3.05, 3.63) is 41.7 Å². The van der Waals surface area contributed by atoms with Crippen molar-refractivity contribution >= 4 is 11.6 Å². The van der Waals surface area contributed by atoms with Crippen molar-refractivity contribution in [1.82, 2.24) is 20.3 Å². The molecule has 2 aromatic rings. The van der Waals surface area contributed by atoms with E-state index in [1.54, 1.807) is 11.9 Å². The average Bonchev–Trinajstić information content (AvgIpc) is 2.90. The first-order valence-electron chi connectivity index (χ1n) is 5.58. The topological polar surface area (TPSA) is 87.9 Å². The molecule has 0 aliphatic rings. The van der Waals surface area contributed by atoms with Crippen LogP contribution in [0.1, 0.15) is 29.0 Å². The highest BCUT2D eigenvalue weighted by Gasteiger charge is 2.20. The molecule has 6 heteroatoms. The molecule has 1 amide bonds. The lowest BCUT2D eigenvalue weighted by Crippen LogP contribution is -2.30. The van der Waals surface area contributed by atoms with Gasteiger partial charge in [-0.05, 0) is 24.6 Å². The molecule has 1 aromatic carbocycles. The second kappa shape index (κ2) is 4.87.